The fraction of sp³-hybridized carbons (Fsp3) is 0.603. The second-order valence-corrected chi connectivity index (χ2v) is 20.6. The van der Waals surface area contributed by atoms with Gasteiger partial charge in [-0.25, -0.2) is 0 Å². The molecule has 0 aliphatic carbocycles. The average molecular weight is 1090 g/mol. The maximum Gasteiger partial charge on any atom is 0.309 e. The van der Waals surface area contributed by atoms with Gasteiger partial charge in [0.2, 0.25) is 0 Å². The van der Waals surface area contributed by atoms with Gasteiger partial charge >= 0.3 is 17.9 Å². The van der Waals surface area contributed by atoms with Gasteiger partial charge in [-0.3, -0.25) is 14.4 Å². The van der Waals surface area contributed by atoms with Crippen LogP contribution in [0.1, 0.15) is 265 Å². The number of esters is 3. The molecule has 0 saturated carbocycles. The Labute approximate surface area is 486 Å². The number of hydrogen-bond acceptors (Lipinski definition) is 6. The molecule has 0 spiro atoms. The molecular formula is C73H116O6. The minimum Gasteiger partial charge on any atom is -0.462 e. The second kappa shape index (κ2) is 65.5. The third-order valence-corrected chi connectivity index (χ3v) is 13.0. The zero-order valence-electron chi connectivity index (χ0n) is 50.8. The smallest absolute Gasteiger partial charge is 0.309 e. The van der Waals surface area contributed by atoms with Gasteiger partial charge < -0.3 is 14.2 Å². The Morgan fingerprint density at radius 2 is 0.544 bits per heavy atom. The fourth-order valence-electron chi connectivity index (χ4n) is 8.31. The Kier molecular flexibility index (Phi) is 61.4. The van der Waals surface area contributed by atoms with E-state index in [-0.39, 0.29) is 31.6 Å². The summed E-state index contributed by atoms with van der Waals surface area (Å²) in [4.78, 5) is 38.3. The number of hydrogen-bond donors (Lipinski definition) is 0. The molecule has 0 fully saturated rings. The Morgan fingerprint density at radius 3 is 0.886 bits per heavy atom. The quantitative estimate of drug-likeness (QED) is 0.0261. The Bertz CT molecular complexity index is 1780. The van der Waals surface area contributed by atoms with Crippen molar-refractivity contribution in [1.82, 2.24) is 0 Å². The SMILES string of the molecule is CC/C=C\C/C=C\C/C=C\C/C=C\C/C=C\C/C=C\CCCCCCCCCCC(=O)OCC(COC(=O)C/C=C\C/C=C\C/C=C\C/C=C\C/C=C\CC)OC(=O)CCCCCCCCCCC/C=C\C/C=C\CCCCC. The van der Waals surface area contributed by atoms with E-state index in [1.54, 1.807) is 6.08 Å². The first kappa shape index (κ1) is 74.0. The molecule has 0 aromatic carbocycles. The van der Waals surface area contributed by atoms with Crippen molar-refractivity contribution < 1.29 is 28.6 Å². The zero-order valence-corrected chi connectivity index (χ0v) is 50.8. The van der Waals surface area contributed by atoms with Crippen molar-refractivity contribution in [3.8, 4) is 0 Å². The van der Waals surface area contributed by atoms with Gasteiger partial charge in [0.1, 0.15) is 13.2 Å². The molecule has 0 bridgehead atoms. The van der Waals surface area contributed by atoms with Crippen molar-refractivity contribution in [3.63, 3.8) is 0 Å². The number of carbonyl (C=O) groups excluding carboxylic acids is 3. The highest BCUT2D eigenvalue weighted by molar-refractivity contribution is 5.72. The number of carbonyl (C=O) groups is 3. The summed E-state index contributed by atoms with van der Waals surface area (Å²) in [6.07, 6.45) is 95.5. The molecule has 0 radical (unpaired) electrons. The molecule has 0 rings (SSSR count). The van der Waals surface area contributed by atoms with E-state index in [2.05, 4.69) is 167 Å². The van der Waals surface area contributed by atoms with Crippen LogP contribution in [-0.4, -0.2) is 37.2 Å². The van der Waals surface area contributed by atoms with Gasteiger partial charge in [0, 0.05) is 12.8 Å². The predicted molar refractivity (Wildman–Crippen MR) is 343 cm³/mol. The highest BCUT2D eigenvalue weighted by Gasteiger charge is 2.19. The highest BCUT2D eigenvalue weighted by Crippen LogP contribution is 2.15. The Balaban J connectivity index is 4.46. The zero-order chi connectivity index (χ0) is 57.1. The van der Waals surface area contributed by atoms with Gasteiger partial charge in [-0.15, -0.1) is 0 Å². The Morgan fingerprint density at radius 1 is 0.278 bits per heavy atom. The van der Waals surface area contributed by atoms with Crippen molar-refractivity contribution in [2.45, 2.75) is 271 Å². The van der Waals surface area contributed by atoms with Crippen LogP contribution in [-0.2, 0) is 28.6 Å². The maximum atomic E-state index is 12.9. The molecule has 0 heterocycles. The summed E-state index contributed by atoms with van der Waals surface area (Å²) in [6.45, 7) is 6.29. The minimum atomic E-state index is -0.833. The average Bonchev–Trinajstić information content (AvgIpc) is 3.45. The van der Waals surface area contributed by atoms with Crippen molar-refractivity contribution in [2.24, 2.45) is 0 Å². The summed E-state index contributed by atoms with van der Waals surface area (Å²) in [5.41, 5.74) is 0. The highest BCUT2D eigenvalue weighted by atomic mass is 16.6. The van der Waals surface area contributed by atoms with Gasteiger partial charge in [-0.1, -0.05) is 275 Å². The minimum absolute atomic E-state index is 0.118. The van der Waals surface area contributed by atoms with Crippen LogP contribution >= 0.6 is 0 Å². The van der Waals surface area contributed by atoms with Gasteiger partial charge in [0.05, 0.1) is 6.42 Å². The maximum absolute atomic E-state index is 12.9. The molecule has 0 saturated heterocycles. The van der Waals surface area contributed by atoms with Gasteiger partial charge in [0.15, 0.2) is 6.10 Å². The standard InChI is InChI=1S/C73H116O6/c1-4-7-10-13-16-19-22-25-28-30-32-33-34-35-36-37-38-39-41-42-45-48-51-54-57-60-63-66-72(75)78-69-70(68-77-71(74)65-62-59-56-53-50-47-44-27-24-21-18-15-12-9-6-3)79-73(76)67-64-61-58-55-52-49-46-43-40-31-29-26-23-20-17-14-11-8-5-2/h7,9-10,12,16-21,25-29,32-33,35-36,38-39,44,50,53,59,62,70H,4-6,8,11,13-15,22-24,30-31,34,37,40-43,45-49,51-52,54-58,60-61,63-69H2,1-3H3/b10-7-,12-9-,19-16-,20-17-,21-18-,28-25-,29-26-,33-32-,36-35-,39-38-,44-27-,53-50-,62-59-. The van der Waals surface area contributed by atoms with E-state index in [9.17, 15) is 14.4 Å². The van der Waals surface area contributed by atoms with Crippen LogP contribution in [0.2, 0.25) is 0 Å². The lowest BCUT2D eigenvalue weighted by atomic mass is 10.1. The largest absolute Gasteiger partial charge is 0.462 e. The molecule has 0 N–H and O–H groups in total. The van der Waals surface area contributed by atoms with Crippen molar-refractivity contribution in [1.29, 1.82) is 0 Å². The summed E-state index contributed by atoms with van der Waals surface area (Å²) in [7, 11) is 0. The van der Waals surface area contributed by atoms with Crippen LogP contribution in [0.4, 0.5) is 0 Å². The lowest BCUT2D eigenvalue weighted by molar-refractivity contribution is -0.166. The van der Waals surface area contributed by atoms with E-state index in [1.807, 2.05) is 6.08 Å². The molecule has 0 aliphatic heterocycles. The molecule has 1 unspecified atom stereocenters. The van der Waals surface area contributed by atoms with Crippen LogP contribution in [0, 0.1) is 0 Å². The van der Waals surface area contributed by atoms with Crippen LogP contribution in [0.15, 0.2) is 158 Å². The van der Waals surface area contributed by atoms with Crippen LogP contribution in [0.5, 0.6) is 0 Å². The summed E-state index contributed by atoms with van der Waals surface area (Å²) in [5.74, 6) is -1.07. The predicted octanol–water partition coefficient (Wildman–Crippen LogP) is 22.1. The van der Waals surface area contributed by atoms with Crippen LogP contribution in [0.3, 0.4) is 0 Å². The molecular weight excluding hydrogens is 973 g/mol. The second-order valence-electron chi connectivity index (χ2n) is 20.6. The summed E-state index contributed by atoms with van der Waals surface area (Å²) < 4.78 is 16.8. The molecule has 0 amide bonds. The molecule has 0 aromatic rings. The van der Waals surface area contributed by atoms with E-state index in [0.717, 1.165) is 122 Å². The molecule has 79 heavy (non-hydrogen) atoms. The van der Waals surface area contributed by atoms with Gasteiger partial charge in [-0.05, 0) is 128 Å². The van der Waals surface area contributed by atoms with Crippen molar-refractivity contribution in [3.05, 3.63) is 158 Å². The van der Waals surface area contributed by atoms with E-state index in [1.165, 1.54) is 103 Å². The van der Waals surface area contributed by atoms with Crippen molar-refractivity contribution >= 4 is 17.9 Å². The number of allylic oxidation sites excluding steroid dienone is 25. The van der Waals surface area contributed by atoms with Gasteiger partial charge in [-0.2, -0.15) is 0 Å². The number of ether oxygens (including phenoxy) is 3. The molecule has 0 aliphatic rings. The molecule has 1 atom stereocenters. The van der Waals surface area contributed by atoms with E-state index in [4.69, 9.17) is 14.2 Å². The lowest BCUT2D eigenvalue weighted by Gasteiger charge is -2.18. The van der Waals surface area contributed by atoms with E-state index in [0.29, 0.717) is 12.8 Å². The third kappa shape index (κ3) is 63.7. The van der Waals surface area contributed by atoms with E-state index < -0.39 is 12.1 Å². The summed E-state index contributed by atoms with van der Waals surface area (Å²) in [5, 5.41) is 0. The first-order valence-corrected chi connectivity index (χ1v) is 32.0. The molecule has 0 aromatic heterocycles. The molecule has 6 heteroatoms. The van der Waals surface area contributed by atoms with Crippen molar-refractivity contribution in [2.75, 3.05) is 13.2 Å². The monoisotopic (exact) mass is 1090 g/mol. The lowest BCUT2D eigenvalue weighted by Crippen LogP contribution is -2.30. The first-order valence-electron chi connectivity index (χ1n) is 32.0. The van der Waals surface area contributed by atoms with Gasteiger partial charge in [0.25, 0.3) is 0 Å². The fourth-order valence-corrected chi connectivity index (χ4v) is 8.31. The topological polar surface area (TPSA) is 78.9 Å². The first-order chi connectivity index (χ1) is 39.0. The van der Waals surface area contributed by atoms with Crippen LogP contribution in [0.25, 0.3) is 0 Å². The molecule has 6 nitrogen and oxygen atoms in total. The summed E-state index contributed by atoms with van der Waals surface area (Å²) >= 11 is 0. The third-order valence-electron chi connectivity index (χ3n) is 13.0. The number of rotatable bonds is 56. The molecule has 444 valence electrons. The summed E-state index contributed by atoms with van der Waals surface area (Å²) in [6, 6.07) is 0. The number of unbranched alkanes of at least 4 members (excludes halogenated alkanes) is 20. The van der Waals surface area contributed by atoms with Crippen LogP contribution < -0.4 is 0 Å². The van der Waals surface area contributed by atoms with E-state index >= 15 is 0 Å². The normalized spacial score (nSPS) is 13.2. The Hall–Kier alpha value is -4.97.